The molecule has 0 atom stereocenters. The number of anilines is 2. The first-order valence-corrected chi connectivity index (χ1v) is 9.96. The largest absolute Gasteiger partial charge is 0.372 e. The fourth-order valence-electron chi connectivity index (χ4n) is 3.49. The Morgan fingerprint density at radius 1 is 0.929 bits per heavy atom. The minimum Gasteiger partial charge on any atom is -0.372 e. The van der Waals surface area contributed by atoms with Crippen LogP contribution in [0.15, 0.2) is 66.9 Å². The fourth-order valence-corrected chi connectivity index (χ4v) is 3.72. The number of rotatable bonds is 4. The normalized spacial score (nSPS) is 14.0. The highest BCUT2D eigenvalue weighted by Gasteiger charge is 2.12. The van der Waals surface area contributed by atoms with E-state index in [9.17, 15) is 4.79 Å². The second kappa shape index (κ2) is 8.44. The number of carbonyl (C=O) groups excluding carboxylic acids is 1. The second-order valence-corrected chi connectivity index (χ2v) is 7.37. The van der Waals surface area contributed by atoms with Crippen LogP contribution in [0, 0.1) is 0 Å². The van der Waals surface area contributed by atoms with Crippen LogP contribution in [-0.4, -0.2) is 24.0 Å². The smallest absolute Gasteiger partial charge is 0.255 e. The SMILES string of the molecule is O=C(Nc1ccc(N2CCCCC2)cc1)c1ccc(-c2ncccc2Cl)cc1. The van der Waals surface area contributed by atoms with Gasteiger partial charge < -0.3 is 10.2 Å². The van der Waals surface area contributed by atoms with Crippen molar-refractivity contribution in [3.63, 3.8) is 0 Å². The highest BCUT2D eigenvalue weighted by molar-refractivity contribution is 6.33. The summed E-state index contributed by atoms with van der Waals surface area (Å²) in [5.41, 5.74) is 4.20. The van der Waals surface area contributed by atoms with Crippen molar-refractivity contribution in [3.8, 4) is 11.3 Å². The molecule has 28 heavy (non-hydrogen) atoms. The third kappa shape index (κ3) is 4.18. The maximum absolute atomic E-state index is 12.6. The number of halogens is 1. The lowest BCUT2D eigenvalue weighted by Crippen LogP contribution is -2.29. The second-order valence-electron chi connectivity index (χ2n) is 6.96. The summed E-state index contributed by atoms with van der Waals surface area (Å²) < 4.78 is 0. The van der Waals surface area contributed by atoms with Crippen molar-refractivity contribution < 1.29 is 4.79 Å². The molecule has 4 nitrogen and oxygen atoms in total. The monoisotopic (exact) mass is 391 g/mol. The number of pyridine rings is 1. The molecule has 0 saturated carbocycles. The Hall–Kier alpha value is -2.85. The van der Waals surface area contributed by atoms with Crippen molar-refractivity contribution >= 4 is 28.9 Å². The average Bonchev–Trinajstić information content (AvgIpc) is 2.75. The van der Waals surface area contributed by atoms with E-state index in [2.05, 4.69) is 27.3 Å². The van der Waals surface area contributed by atoms with Gasteiger partial charge in [-0.1, -0.05) is 23.7 Å². The Balaban J connectivity index is 1.43. The van der Waals surface area contributed by atoms with E-state index in [-0.39, 0.29) is 5.91 Å². The lowest BCUT2D eigenvalue weighted by atomic mass is 10.1. The van der Waals surface area contributed by atoms with Gasteiger partial charge in [-0.15, -0.1) is 0 Å². The predicted octanol–water partition coefficient (Wildman–Crippen LogP) is 5.64. The van der Waals surface area contributed by atoms with E-state index in [1.54, 1.807) is 30.5 Å². The standard InChI is InChI=1S/C23H22ClN3O/c24-21-5-4-14-25-22(21)17-6-8-18(9-7-17)23(28)26-19-10-12-20(13-11-19)27-15-2-1-3-16-27/h4-14H,1-3,15-16H2,(H,26,28). The number of aromatic nitrogens is 1. The molecule has 142 valence electrons. The highest BCUT2D eigenvalue weighted by Crippen LogP contribution is 2.26. The van der Waals surface area contributed by atoms with E-state index in [0.717, 1.165) is 24.3 Å². The predicted molar refractivity (Wildman–Crippen MR) is 115 cm³/mol. The van der Waals surface area contributed by atoms with Crippen molar-refractivity contribution in [2.45, 2.75) is 19.3 Å². The molecule has 0 unspecified atom stereocenters. The van der Waals surface area contributed by atoms with Crippen LogP contribution < -0.4 is 10.2 Å². The Bertz CT molecular complexity index is 948. The van der Waals surface area contributed by atoms with Crippen LogP contribution in [0.2, 0.25) is 5.02 Å². The molecule has 2 aromatic carbocycles. The summed E-state index contributed by atoms with van der Waals surface area (Å²) in [6, 6.07) is 19.0. The van der Waals surface area contributed by atoms with Crippen molar-refractivity contribution in [1.29, 1.82) is 0 Å². The summed E-state index contributed by atoms with van der Waals surface area (Å²) in [5, 5.41) is 3.55. The number of benzene rings is 2. The number of amides is 1. The molecule has 4 rings (SSSR count). The molecule has 1 N–H and O–H groups in total. The lowest BCUT2D eigenvalue weighted by Gasteiger charge is -2.28. The maximum atomic E-state index is 12.6. The molecule has 1 fully saturated rings. The summed E-state index contributed by atoms with van der Waals surface area (Å²) in [6.07, 6.45) is 5.52. The topological polar surface area (TPSA) is 45.2 Å². The quantitative estimate of drug-likeness (QED) is 0.625. The molecule has 3 aromatic rings. The Morgan fingerprint density at radius 2 is 1.64 bits per heavy atom. The van der Waals surface area contributed by atoms with E-state index >= 15 is 0 Å². The molecule has 1 saturated heterocycles. The van der Waals surface area contributed by atoms with Crippen LogP contribution in [-0.2, 0) is 0 Å². The average molecular weight is 392 g/mol. The van der Waals surface area contributed by atoms with E-state index in [1.165, 1.54) is 24.9 Å². The van der Waals surface area contributed by atoms with Crippen LogP contribution in [0.1, 0.15) is 29.6 Å². The van der Waals surface area contributed by atoms with E-state index in [4.69, 9.17) is 11.6 Å². The summed E-state index contributed by atoms with van der Waals surface area (Å²) in [7, 11) is 0. The minimum atomic E-state index is -0.135. The number of hydrogen-bond acceptors (Lipinski definition) is 3. The van der Waals surface area contributed by atoms with Gasteiger partial charge in [0.25, 0.3) is 5.91 Å². The third-order valence-corrected chi connectivity index (χ3v) is 5.33. The molecule has 2 heterocycles. The number of hydrogen-bond donors (Lipinski definition) is 1. The molecule has 0 bridgehead atoms. The minimum absolute atomic E-state index is 0.135. The first-order chi connectivity index (χ1) is 13.7. The molecule has 1 amide bonds. The zero-order valence-electron chi connectivity index (χ0n) is 15.6. The first-order valence-electron chi connectivity index (χ1n) is 9.58. The Labute approximate surface area is 170 Å². The van der Waals surface area contributed by atoms with Crippen molar-refractivity contribution in [3.05, 3.63) is 77.4 Å². The third-order valence-electron chi connectivity index (χ3n) is 5.03. The van der Waals surface area contributed by atoms with E-state index < -0.39 is 0 Å². The first kappa shape index (κ1) is 18.5. The molecular weight excluding hydrogens is 370 g/mol. The number of piperidine rings is 1. The molecule has 0 aliphatic carbocycles. The summed E-state index contributed by atoms with van der Waals surface area (Å²) in [4.78, 5) is 19.3. The zero-order valence-corrected chi connectivity index (χ0v) is 16.3. The summed E-state index contributed by atoms with van der Waals surface area (Å²) >= 11 is 6.19. The van der Waals surface area contributed by atoms with Crippen molar-refractivity contribution in [2.75, 3.05) is 23.3 Å². The van der Waals surface area contributed by atoms with Gasteiger partial charge in [0.2, 0.25) is 0 Å². The van der Waals surface area contributed by atoms with Crippen LogP contribution in [0.25, 0.3) is 11.3 Å². The van der Waals surface area contributed by atoms with Gasteiger partial charge in [0.15, 0.2) is 0 Å². The number of nitrogens with zero attached hydrogens (tertiary/aromatic N) is 2. The molecule has 0 radical (unpaired) electrons. The molecule has 5 heteroatoms. The number of carbonyl (C=O) groups is 1. The summed E-state index contributed by atoms with van der Waals surface area (Å²) in [6.45, 7) is 2.22. The van der Waals surface area contributed by atoms with Crippen molar-refractivity contribution in [1.82, 2.24) is 4.98 Å². The van der Waals surface area contributed by atoms with Crippen molar-refractivity contribution in [2.24, 2.45) is 0 Å². The molecule has 1 aliphatic heterocycles. The highest BCUT2D eigenvalue weighted by atomic mass is 35.5. The zero-order chi connectivity index (χ0) is 19.3. The molecule has 1 aromatic heterocycles. The van der Waals surface area contributed by atoms with Gasteiger partial charge in [-0.2, -0.15) is 0 Å². The van der Waals surface area contributed by atoms with Gasteiger partial charge in [-0.3, -0.25) is 9.78 Å². The van der Waals surface area contributed by atoms with Gasteiger partial charge in [0.05, 0.1) is 10.7 Å². The van der Waals surface area contributed by atoms with Gasteiger partial charge in [-0.25, -0.2) is 0 Å². The van der Waals surface area contributed by atoms with Gasteiger partial charge in [0, 0.05) is 41.8 Å². The van der Waals surface area contributed by atoms with E-state index in [1.807, 2.05) is 24.3 Å². The van der Waals surface area contributed by atoms with Gasteiger partial charge in [0.1, 0.15) is 0 Å². The van der Waals surface area contributed by atoms with E-state index in [0.29, 0.717) is 16.3 Å². The van der Waals surface area contributed by atoms with Gasteiger partial charge in [-0.05, 0) is 67.8 Å². The van der Waals surface area contributed by atoms with Crippen LogP contribution in [0.5, 0.6) is 0 Å². The van der Waals surface area contributed by atoms with Gasteiger partial charge >= 0.3 is 0 Å². The molecule has 0 spiro atoms. The fraction of sp³-hybridized carbons (Fsp3) is 0.217. The number of nitrogens with one attached hydrogen (secondary N) is 1. The van der Waals surface area contributed by atoms with Crippen LogP contribution in [0.3, 0.4) is 0 Å². The lowest BCUT2D eigenvalue weighted by molar-refractivity contribution is 0.102. The Kier molecular flexibility index (Phi) is 5.58. The molecule has 1 aliphatic rings. The van der Waals surface area contributed by atoms with Crippen LogP contribution >= 0.6 is 11.6 Å². The Morgan fingerprint density at radius 3 is 2.32 bits per heavy atom. The maximum Gasteiger partial charge on any atom is 0.255 e. The molecular formula is C23H22ClN3O. The summed E-state index contributed by atoms with van der Waals surface area (Å²) in [5.74, 6) is -0.135. The van der Waals surface area contributed by atoms with Crippen LogP contribution in [0.4, 0.5) is 11.4 Å².